The molecule has 0 bridgehead atoms. The highest BCUT2D eigenvalue weighted by Gasteiger charge is 2.28. The van der Waals surface area contributed by atoms with Crippen LogP contribution in [0, 0.1) is 0 Å². The van der Waals surface area contributed by atoms with Gasteiger partial charge in [-0.2, -0.15) is 0 Å². The van der Waals surface area contributed by atoms with Gasteiger partial charge in [0, 0.05) is 30.2 Å². The van der Waals surface area contributed by atoms with E-state index in [1.807, 2.05) is 47.8 Å². The number of amides is 2. The van der Waals surface area contributed by atoms with Crippen LogP contribution in [-0.2, 0) is 27.2 Å². The van der Waals surface area contributed by atoms with Crippen molar-refractivity contribution in [1.82, 2.24) is 4.98 Å². The third-order valence-corrected chi connectivity index (χ3v) is 6.54. The highest BCUT2D eigenvalue weighted by molar-refractivity contribution is 7.09. The van der Waals surface area contributed by atoms with Gasteiger partial charge in [-0.3, -0.25) is 14.5 Å². The number of rotatable bonds is 10. The smallest absolute Gasteiger partial charge is 0.265 e. The van der Waals surface area contributed by atoms with Gasteiger partial charge in [0.15, 0.2) is 6.61 Å². The number of nitrogens with one attached hydrogen (secondary N) is 1. The molecule has 0 aliphatic carbocycles. The fourth-order valence-corrected chi connectivity index (χ4v) is 4.55. The van der Waals surface area contributed by atoms with Crippen LogP contribution in [0.1, 0.15) is 30.3 Å². The number of thiazole rings is 1. The molecule has 8 heteroatoms. The maximum absolute atomic E-state index is 12.8. The van der Waals surface area contributed by atoms with Gasteiger partial charge < -0.3 is 14.8 Å². The highest BCUT2D eigenvalue weighted by Crippen LogP contribution is 2.36. The van der Waals surface area contributed by atoms with E-state index in [1.165, 1.54) is 10.5 Å². The number of aryl methyl sites for hydroxylation is 1. The van der Waals surface area contributed by atoms with Crippen molar-refractivity contribution >= 4 is 34.5 Å². The number of nitrogens with zero attached hydrogens (tertiary/aromatic N) is 2. The van der Waals surface area contributed by atoms with E-state index in [9.17, 15) is 9.59 Å². The van der Waals surface area contributed by atoms with Crippen LogP contribution in [0.15, 0.2) is 47.8 Å². The van der Waals surface area contributed by atoms with E-state index in [0.717, 1.165) is 41.9 Å². The van der Waals surface area contributed by atoms with Crippen LogP contribution in [0.4, 0.5) is 11.4 Å². The minimum Gasteiger partial charge on any atom is -0.482 e. The van der Waals surface area contributed by atoms with Gasteiger partial charge in [-0.25, -0.2) is 4.98 Å². The van der Waals surface area contributed by atoms with Crippen molar-refractivity contribution in [2.75, 3.05) is 37.1 Å². The summed E-state index contributed by atoms with van der Waals surface area (Å²) >= 11 is 1.57. The number of unbranched alkanes of at least 4 members (excludes halogenated alkanes) is 1. The summed E-state index contributed by atoms with van der Waals surface area (Å²) in [6, 6.07) is 13.5. The first kappa shape index (κ1) is 23.9. The topological polar surface area (TPSA) is 80.8 Å². The second-order valence-corrected chi connectivity index (χ2v) is 9.11. The monoisotopic (exact) mass is 479 g/mol. The Morgan fingerprint density at radius 3 is 2.79 bits per heavy atom. The molecule has 0 saturated carbocycles. The highest BCUT2D eigenvalue weighted by atomic mass is 32.1. The number of carbonyl (C=O) groups excluding carboxylic acids is 2. The molecule has 0 spiro atoms. The van der Waals surface area contributed by atoms with E-state index >= 15 is 0 Å². The largest absolute Gasteiger partial charge is 0.482 e. The molecule has 0 fully saturated rings. The molecule has 0 atom stereocenters. The number of hydrogen-bond donors (Lipinski definition) is 1. The van der Waals surface area contributed by atoms with E-state index in [-0.39, 0.29) is 25.0 Å². The second-order valence-electron chi connectivity index (χ2n) is 8.17. The summed E-state index contributed by atoms with van der Waals surface area (Å²) in [5, 5.41) is 5.87. The van der Waals surface area contributed by atoms with Crippen molar-refractivity contribution in [3.05, 3.63) is 58.4 Å². The summed E-state index contributed by atoms with van der Waals surface area (Å²) < 4.78 is 10.7. The van der Waals surface area contributed by atoms with Gasteiger partial charge in [0.25, 0.3) is 5.91 Å². The molecule has 0 saturated heterocycles. The van der Waals surface area contributed by atoms with Gasteiger partial charge in [-0.1, -0.05) is 25.5 Å². The summed E-state index contributed by atoms with van der Waals surface area (Å²) in [4.78, 5) is 31.6. The Labute approximate surface area is 203 Å². The van der Waals surface area contributed by atoms with Crippen molar-refractivity contribution < 1.29 is 19.1 Å². The Hall–Kier alpha value is -3.23. The first-order valence-corrected chi connectivity index (χ1v) is 12.3. The van der Waals surface area contributed by atoms with Crippen molar-refractivity contribution in [3.63, 3.8) is 0 Å². The molecule has 3 aromatic rings. The van der Waals surface area contributed by atoms with Gasteiger partial charge in [0.2, 0.25) is 5.91 Å². The molecule has 7 nitrogen and oxygen atoms in total. The number of hydrogen-bond acceptors (Lipinski definition) is 6. The molecule has 2 heterocycles. The maximum atomic E-state index is 12.8. The van der Waals surface area contributed by atoms with Crippen LogP contribution < -0.4 is 15.0 Å². The third kappa shape index (κ3) is 5.81. The Morgan fingerprint density at radius 1 is 1.21 bits per heavy atom. The summed E-state index contributed by atoms with van der Waals surface area (Å²) in [6.45, 7) is 2.60. The van der Waals surface area contributed by atoms with Crippen LogP contribution in [-0.4, -0.2) is 43.7 Å². The van der Waals surface area contributed by atoms with Gasteiger partial charge in [0.1, 0.15) is 12.3 Å². The number of aromatic nitrogens is 1. The molecule has 1 aliphatic heterocycles. The van der Waals surface area contributed by atoms with E-state index in [1.54, 1.807) is 18.4 Å². The first-order chi connectivity index (χ1) is 16.6. The van der Waals surface area contributed by atoms with Crippen molar-refractivity contribution in [1.29, 1.82) is 0 Å². The van der Waals surface area contributed by atoms with Crippen molar-refractivity contribution in [2.24, 2.45) is 0 Å². The molecular weight excluding hydrogens is 450 g/mol. The van der Waals surface area contributed by atoms with Crippen LogP contribution in [0.3, 0.4) is 0 Å². The summed E-state index contributed by atoms with van der Waals surface area (Å²) in [7, 11) is 1.67. The molecule has 34 heavy (non-hydrogen) atoms. The van der Waals surface area contributed by atoms with Crippen LogP contribution in [0.2, 0.25) is 0 Å². The zero-order valence-corrected chi connectivity index (χ0v) is 20.3. The number of anilines is 2. The Kier molecular flexibility index (Phi) is 7.92. The predicted molar refractivity (Wildman–Crippen MR) is 135 cm³/mol. The summed E-state index contributed by atoms with van der Waals surface area (Å²) in [5.41, 5.74) is 4.22. The number of carbonyl (C=O) groups is 2. The molecule has 4 rings (SSSR count). The molecule has 1 aromatic heterocycles. The van der Waals surface area contributed by atoms with Gasteiger partial charge in [0.05, 0.1) is 23.0 Å². The number of methoxy groups -OCH3 is 1. The van der Waals surface area contributed by atoms with E-state index < -0.39 is 0 Å². The van der Waals surface area contributed by atoms with Crippen molar-refractivity contribution in [3.8, 4) is 17.0 Å². The fraction of sp³-hybridized carbons (Fsp3) is 0.346. The number of benzene rings is 2. The van der Waals surface area contributed by atoms with Crippen LogP contribution >= 0.6 is 11.3 Å². The normalized spacial score (nSPS) is 12.9. The molecule has 2 amide bonds. The number of fused-ring (bicyclic) bond motifs is 1. The second kappa shape index (κ2) is 11.3. The molecular formula is C26H29N3O4S. The Morgan fingerprint density at radius 2 is 2.03 bits per heavy atom. The predicted octanol–water partition coefficient (Wildman–Crippen LogP) is 4.71. The molecule has 0 radical (unpaired) electrons. The minimum atomic E-state index is -0.261. The maximum Gasteiger partial charge on any atom is 0.265 e. The molecule has 1 aliphatic rings. The van der Waals surface area contributed by atoms with Gasteiger partial charge in [-0.05, 0) is 48.7 Å². The quantitative estimate of drug-likeness (QED) is 0.456. The summed E-state index contributed by atoms with van der Waals surface area (Å²) in [5.74, 6) is 0.0588. The molecule has 0 unspecified atom stereocenters. The van der Waals surface area contributed by atoms with Crippen molar-refractivity contribution in [2.45, 2.75) is 32.6 Å². The zero-order chi connectivity index (χ0) is 23.9. The Bertz CT molecular complexity index is 1140. The van der Waals surface area contributed by atoms with E-state index in [4.69, 9.17) is 9.47 Å². The van der Waals surface area contributed by atoms with Crippen LogP contribution in [0.5, 0.6) is 5.75 Å². The lowest BCUT2D eigenvalue weighted by atomic mass is 10.1. The van der Waals surface area contributed by atoms with E-state index in [0.29, 0.717) is 23.7 Å². The van der Waals surface area contributed by atoms with Crippen LogP contribution in [0.25, 0.3) is 11.3 Å². The first-order valence-electron chi connectivity index (χ1n) is 11.5. The standard InChI is InChI=1S/C26H29N3O4S/c1-3-4-5-18-6-9-20(10-7-18)27-24(30)15-29-22-14-19(8-11-23(22)33-16-26(29)31)21-17-34-25(28-21)12-13-32-2/h6-11,14,17H,3-5,12-13,15-16H2,1-2H3,(H,27,30). The SMILES string of the molecule is CCCCc1ccc(NC(=O)CN2C(=O)COc3ccc(-c4csc(CCOC)n4)cc32)cc1. The molecule has 2 aromatic carbocycles. The lowest BCUT2D eigenvalue weighted by Gasteiger charge is -2.29. The summed E-state index contributed by atoms with van der Waals surface area (Å²) in [6.07, 6.45) is 4.06. The lowest BCUT2D eigenvalue weighted by molar-refractivity contribution is -0.123. The lowest BCUT2D eigenvalue weighted by Crippen LogP contribution is -2.43. The minimum absolute atomic E-state index is 0.0909. The van der Waals surface area contributed by atoms with E-state index in [2.05, 4.69) is 17.2 Å². The zero-order valence-electron chi connectivity index (χ0n) is 19.5. The average molecular weight is 480 g/mol. The number of ether oxygens (including phenoxy) is 2. The molecule has 1 N–H and O–H groups in total. The fourth-order valence-electron chi connectivity index (χ4n) is 3.76. The van der Waals surface area contributed by atoms with Gasteiger partial charge in [-0.15, -0.1) is 11.3 Å². The Balaban J connectivity index is 1.47. The molecule has 178 valence electrons. The average Bonchev–Trinajstić information content (AvgIpc) is 3.33. The van der Waals surface area contributed by atoms with Gasteiger partial charge >= 0.3 is 0 Å². The third-order valence-electron chi connectivity index (χ3n) is 5.63.